The van der Waals surface area contributed by atoms with Gasteiger partial charge in [0.05, 0.1) is 34.5 Å². The number of nitrogens with zero attached hydrogens (tertiary/aromatic N) is 2. The molecule has 0 radical (unpaired) electrons. The highest BCUT2D eigenvalue weighted by molar-refractivity contribution is 7.18. The summed E-state index contributed by atoms with van der Waals surface area (Å²) < 4.78 is 12.6. The van der Waals surface area contributed by atoms with Gasteiger partial charge in [-0.1, -0.05) is 23.7 Å². The summed E-state index contributed by atoms with van der Waals surface area (Å²) >= 11 is 8.04. The third kappa shape index (κ3) is 3.77. The number of carbonyl (C=O) groups is 1. The largest absolute Gasteiger partial charge is 0.489 e. The van der Waals surface area contributed by atoms with E-state index in [0.717, 1.165) is 46.6 Å². The molecule has 5 rings (SSSR count). The lowest BCUT2D eigenvalue weighted by Crippen LogP contribution is -2.28. The summed E-state index contributed by atoms with van der Waals surface area (Å²) in [7, 11) is 0. The van der Waals surface area contributed by atoms with Crippen molar-refractivity contribution in [1.82, 2.24) is 9.88 Å². The van der Waals surface area contributed by atoms with E-state index in [1.807, 2.05) is 29.2 Å². The van der Waals surface area contributed by atoms with Crippen LogP contribution >= 0.6 is 22.9 Å². The molecule has 2 aromatic carbocycles. The van der Waals surface area contributed by atoms with E-state index in [9.17, 15) is 4.79 Å². The molecule has 154 valence electrons. The first-order valence-electron chi connectivity index (χ1n) is 10.1. The SMILES string of the molecule is O=C(/C=C/c1cc(Cl)c2c(c1)OCCCO2)N1CCC[C@H]1c1nc2ccccc2s1. The summed E-state index contributed by atoms with van der Waals surface area (Å²) in [6.07, 6.45) is 6.14. The maximum atomic E-state index is 13.0. The van der Waals surface area contributed by atoms with Crippen LogP contribution in [0.5, 0.6) is 11.5 Å². The molecule has 1 atom stereocenters. The number of fused-ring (bicyclic) bond motifs is 2. The number of rotatable bonds is 3. The Morgan fingerprint density at radius 3 is 2.97 bits per heavy atom. The van der Waals surface area contributed by atoms with Gasteiger partial charge < -0.3 is 14.4 Å². The first-order chi connectivity index (χ1) is 14.7. The van der Waals surface area contributed by atoms with Gasteiger partial charge in [0.15, 0.2) is 11.5 Å². The van der Waals surface area contributed by atoms with E-state index >= 15 is 0 Å². The van der Waals surface area contributed by atoms with Gasteiger partial charge in [-0.2, -0.15) is 0 Å². The average Bonchev–Trinajstić information content (AvgIpc) is 3.33. The zero-order valence-corrected chi connectivity index (χ0v) is 17.9. The van der Waals surface area contributed by atoms with Crippen LogP contribution in [0.1, 0.15) is 35.9 Å². The number of benzene rings is 2. The summed E-state index contributed by atoms with van der Waals surface area (Å²) in [5, 5.41) is 1.50. The van der Waals surface area contributed by atoms with Crippen molar-refractivity contribution < 1.29 is 14.3 Å². The summed E-state index contributed by atoms with van der Waals surface area (Å²) in [5.74, 6) is 1.19. The van der Waals surface area contributed by atoms with Crippen LogP contribution in [0.4, 0.5) is 0 Å². The van der Waals surface area contributed by atoms with Crippen LogP contribution in [0.25, 0.3) is 16.3 Å². The maximum absolute atomic E-state index is 13.0. The van der Waals surface area contributed by atoms with E-state index in [1.165, 1.54) is 0 Å². The fraction of sp³-hybridized carbons (Fsp3) is 0.304. The average molecular weight is 441 g/mol. The lowest BCUT2D eigenvalue weighted by molar-refractivity contribution is -0.126. The smallest absolute Gasteiger partial charge is 0.247 e. The van der Waals surface area contributed by atoms with Crippen LogP contribution < -0.4 is 9.47 Å². The molecule has 0 N–H and O–H groups in total. The zero-order valence-electron chi connectivity index (χ0n) is 16.3. The van der Waals surface area contributed by atoms with E-state index in [-0.39, 0.29) is 11.9 Å². The number of aromatic nitrogens is 1. The van der Waals surface area contributed by atoms with Gasteiger partial charge in [0, 0.05) is 19.0 Å². The van der Waals surface area contributed by atoms with Crippen molar-refractivity contribution in [2.45, 2.75) is 25.3 Å². The molecule has 1 saturated heterocycles. The summed E-state index contributed by atoms with van der Waals surface area (Å²) in [6, 6.07) is 11.8. The number of likely N-dealkylation sites (tertiary alicyclic amines) is 1. The Morgan fingerprint density at radius 2 is 2.07 bits per heavy atom. The lowest BCUT2D eigenvalue weighted by atomic mass is 10.1. The second kappa shape index (κ2) is 8.28. The third-order valence-corrected chi connectivity index (χ3v) is 6.79. The van der Waals surface area contributed by atoms with Crippen molar-refractivity contribution in [2.24, 2.45) is 0 Å². The zero-order chi connectivity index (χ0) is 20.5. The predicted octanol–water partition coefficient (Wildman–Crippen LogP) is 5.49. The first kappa shape index (κ1) is 19.4. The van der Waals surface area contributed by atoms with Crippen molar-refractivity contribution >= 4 is 45.1 Å². The molecule has 0 unspecified atom stereocenters. The van der Waals surface area contributed by atoms with Crippen molar-refractivity contribution in [2.75, 3.05) is 19.8 Å². The number of ether oxygens (including phenoxy) is 2. The molecule has 30 heavy (non-hydrogen) atoms. The quantitative estimate of drug-likeness (QED) is 0.505. The molecule has 0 aliphatic carbocycles. The Balaban J connectivity index is 1.36. The highest BCUT2D eigenvalue weighted by Gasteiger charge is 2.31. The Labute approximate surface area is 183 Å². The molecular weight excluding hydrogens is 420 g/mol. The Morgan fingerprint density at radius 1 is 1.20 bits per heavy atom. The van der Waals surface area contributed by atoms with Gasteiger partial charge in [-0.25, -0.2) is 4.98 Å². The first-order valence-corrected chi connectivity index (χ1v) is 11.3. The molecule has 0 saturated carbocycles. The molecule has 1 amide bonds. The van der Waals surface area contributed by atoms with E-state index in [0.29, 0.717) is 29.7 Å². The predicted molar refractivity (Wildman–Crippen MR) is 119 cm³/mol. The topological polar surface area (TPSA) is 51.7 Å². The van der Waals surface area contributed by atoms with E-state index in [2.05, 4.69) is 6.07 Å². The van der Waals surface area contributed by atoms with Gasteiger partial charge in [0.25, 0.3) is 0 Å². The summed E-state index contributed by atoms with van der Waals surface area (Å²) in [6.45, 7) is 1.92. The molecule has 0 spiro atoms. The monoisotopic (exact) mass is 440 g/mol. The second-order valence-corrected chi connectivity index (χ2v) is 8.89. The molecule has 1 fully saturated rings. The second-order valence-electron chi connectivity index (χ2n) is 7.42. The van der Waals surface area contributed by atoms with Crippen molar-refractivity contribution in [3.8, 4) is 11.5 Å². The number of para-hydroxylation sites is 1. The van der Waals surface area contributed by atoms with E-state index in [4.69, 9.17) is 26.1 Å². The van der Waals surface area contributed by atoms with Crippen LogP contribution in [-0.4, -0.2) is 35.5 Å². The minimum Gasteiger partial charge on any atom is -0.489 e. The van der Waals surface area contributed by atoms with Crippen molar-refractivity contribution in [3.63, 3.8) is 0 Å². The number of halogens is 1. The number of thiazole rings is 1. The molecule has 7 heteroatoms. The van der Waals surface area contributed by atoms with Crippen LogP contribution in [0, 0.1) is 0 Å². The van der Waals surface area contributed by atoms with Crippen molar-refractivity contribution in [1.29, 1.82) is 0 Å². The molecule has 2 aliphatic rings. The Hall–Kier alpha value is -2.57. The summed E-state index contributed by atoms with van der Waals surface area (Å²) in [5.41, 5.74) is 1.81. The highest BCUT2D eigenvalue weighted by Crippen LogP contribution is 2.39. The molecule has 2 aliphatic heterocycles. The molecule has 3 aromatic rings. The molecule has 1 aromatic heterocycles. The number of hydrogen-bond donors (Lipinski definition) is 0. The summed E-state index contributed by atoms with van der Waals surface area (Å²) in [4.78, 5) is 19.7. The Kier molecular flexibility index (Phi) is 5.35. The van der Waals surface area contributed by atoms with Gasteiger partial charge in [0.1, 0.15) is 5.01 Å². The normalized spacial score (nSPS) is 18.8. The standard InChI is InChI=1S/C23H21ClN2O3S/c24-16-13-15(14-19-22(16)29-12-4-11-28-19)8-9-21(27)26-10-3-6-18(26)23-25-17-5-1-2-7-20(17)30-23/h1-2,5,7-9,13-14,18H,3-4,6,10-12H2/b9-8+/t18-/m0/s1. The van der Waals surface area contributed by atoms with Gasteiger partial charge in [0.2, 0.25) is 5.91 Å². The fourth-order valence-corrected chi connectivity index (χ4v) is 5.32. The van der Waals surface area contributed by atoms with Crippen LogP contribution in [0.3, 0.4) is 0 Å². The number of hydrogen-bond acceptors (Lipinski definition) is 5. The molecule has 0 bridgehead atoms. The number of amides is 1. The third-order valence-electron chi connectivity index (χ3n) is 5.37. The Bertz CT molecular complexity index is 1090. The fourth-order valence-electron chi connectivity index (χ4n) is 3.93. The van der Waals surface area contributed by atoms with Gasteiger partial charge in [-0.15, -0.1) is 11.3 Å². The van der Waals surface area contributed by atoms with Gasteiger partial charge in [-0.3, -0.25) is 4.79 Å². The number of carbonyl (C=O) groups excluding carboxylic acids is 1. The van der Waals surface area contributed by atoms with E-state index in [1.54, 1.807) is 29.6 Å². The highest BCUT2D eigenvalue weighted by atomic mass is 35.5. The van der Waals surface area contributed by atoms with Gasteiger partial charge >= 0.3 is 0 Å². The van der Waals surface area contributed by atoms with Crippen molar-refractivity contribution in [3.05, 3.63) is 58.1 Å². The van der Waals surface area contributed by atoms with E-state index < -0.39 is 0 Å². The molecule has 5 nitrogen and oxygen atoms in total. The minimum absolute atomic E-state index is 0.0139. The molecular formula is C23H21ClN2O3S. The maximum Gasteiger partial charge on any atom is 0.247 e. The van der Waals surface area contributed by atoms with Crippen LogP contribution in [-0.2, 0) is 4.79 Å². The van der Waals surface area contributed by atoms with Gasteiger partial charge in [-0.05, 0) is 48.7 Å². The molecule has 3 heterocycles. The minimum atomic E-state index is -0.0139. The van der Waals surface area contributed by atoms with Crippen LogP contribution in [0.15, 0.2) is 42.5 Å². The lowest BCUT2D eigenvalue weighted by Gasteiger charge is -2.21. The van der Waals surface area contributed by atoms with Crippen LogP contribution in [0.2, 0.25) is 5.02 Å².